The Morgan fingerprint density at radius 1 is 1.21 bits per heavy atom. The number of carbonyl (C=O) groups excluding carboxylic acids is 1. The third-order valence-electron chi connectivity index (χ3n) is 4.85. The molecular formula is C20H23N5O2S. The number of ketones is 1. The van der Waals surface area contributed by atoms with Crippen LogP contribution in [0.5, 0.6) is 0 Å². The first kappa shape index (κ1) is 18.7. The van der Waals surface area contributed by atoms with E-state index in [1.807, 2.05) is 32.9 Å². The molecule has 28 heavy (non-hydrogen) atoms. The molecule has 1 saturated heterocycles. The number of carbonyl (C=O) groups is 1. The molecule has 3 aromatic rings. The van der Waals surface area contributed by atoms with Crippen molar-refractivity contribution in [3.05, 3.63) is 36.3 Å². The Hall–Kier alpha value is -2.61. The molecule has 0 aliphatic carbocycles. The Labute approximate surface area is 166 Å². The minimum Gasteiger partial charge on any atom is -0.355 e. The summed E-state index contributed by atoms with van der Waals surface area (Å²) in [6, 6.07) is 3.86. The van der Waals surface area contributed by atoms with E-state index in [1.54, 1.807) is 18.6 Å². The molecule has 0 unspecified atom stereocenters. The predicted octanol–water partition coefficient (Wildman–Crippen LogP) is 2.82. The van der Waals surface area contributed by atoms with Crippen molar-refractivity contribution >= 4 is 33.6 Å². The molecule has 0 bridgehead atoms. The normalized spacial score (nSPS) is 15.9. The fraction of sp³-hybridized carbons (Fsp3) is 0.400. The molecule has 0 spiro atoms. The second-order valence-corrected chi connectivity index (χ2v) is 9.67. The van der Waals surface area contributed by atoms with E-state index < -0.39 is 16.2 Å². The molecule has 0 amide bonds. The van der Waals surface area contributed by atoms with Crippen LogP contribution < -0.4 is 4.90 Å². The van der Waals surface area contributed by atoms with Crippen LogP contribution in [0.1, 0.15) is 31.1 Å². The Kier molecular flexibility index (Phi) is 4.74. The lowest BCUT2D eigenvalue weighted by Gasteiger charge is -2.27. The minimum atomic E-state index is -0.729. The molecule has 146 valence electrons. The average Bonchev–Trinajstić information content (AvgIpc) is 3.10. The van der Waals surface area contributed by atoms with Crippen molar-refractivity contribution < 1.29 is 9.00 Å². The molecule has 1 fully saturated rings. The molecule has 0 radical (unpaired) electrons. The lowest BCUT2D eigenvalue weighted by atomic mass is 9.87. The maximum absolute atomic E-state index is 12.7. The largest absolute Gasteiger partial charge is 0.355 e. The first-order valence-electron chi connectivity index (χ1n) is 9.28. The number of aromatic amines is 1. The molecule has 0 atom stereocenters. The van der Waals surface area contributed by atoms with Crippen LogP contribution in [0.15, 0.2) is 30.7 Å². The van der Waals surface area contributed by atoms with E-state index in [0.717, 1.165) is 24.5 Å². The molecule has 0 saturated carbocycles. The molecule has 7 nitrogen and oxygen atoms in total. The number of nitrogens with zero attached hydrogens (tertiary/aromatic N) is 4. The summed E-state index contributed by atoms with van der Waals surface area (Å²) in [5, 5.41) is 0. The predicted molar refractivity (Wildman–Crippen MR) is 111 cm³/mol. The third-order valence-corrected chi connectivity index (χ3v) is 6.13. The molecule has 1 aliphatic heterocycles. The number of aromatic nitrogens is 4. The van der Waals surface area contributed by atoms with E-state index in [4.69, 9.17) is 4.98 Å². The molecule has 1 N–H and O–H groups in total. The standard InChI is InChI=1S/C20H23N5O2S/c1-20(2,3)18(26)14-11-22-19-17(14)24-15(12-23-19)13-4-5-21-16(10-13)25-6-8-28(27)9-7-25/h4-5,10-12H,6-9H2,1-3H3,(H,22,23). The van der Waals surface area contributed by atoms with Crippen LogP contribution in [0.4, 0.5) is 5.82 Å². The van der Waals surface area contributed by atoms with Crippen molar-refractivity contribution in [2.24, 2.45) is 5.41 Å². The first-order valence-corrected chi connectivity index (χ1v) is 10.8. The fourth-order valence-corrected chi connectivity index (χ4v) is 4.28. The van der Waals surface area contributed by atoms with Crippen LogP contribution in [-0.2, 0) is 10.8 Å². The number of pyridine rings is 1. The van der Waals surface area contributed by atoms with Crippen LogP contribution in [0.25, 0.3) is 22.4 Å². The topological polar surface area (TPSA) is 91.8 Å². The van der Waals surface area contributed by atoms with Crippen molar-refractivity contribution in [3.63, 3.8) is 0 Å². The number of Topliss-reactive ketones (excluding diaryl/α,β-unsaturated/α-hetero) is 1. The highest BCUT2D eigenvalue weighted by molar-refractivity contribution is 7.85. The highest BCUT2D eigenvalue weighted by atomic mass is 32.2. The summed E-state index contributed by atoms with van der Waals surface area (Å²) in [4.78, 5) is 31.6. The van der Waals surface area contributed by atoms with Crippen LogP contribution in [0, 0.1) is 5.41 Å². The van der Waals surface area contributed by atoms with Crippen molar-refractivity contribution in [1.29, 1.82) is 0 Å². The van der Waals surface area contributed by atoms with Gasteiger partial charge in [0.25, 0.3) is 0 Å². The van der Waals surface area contributed by atoms with Gasteiger partial charge in [-0.1, -0.05) is 20.8 Å². The van der Waals surface area contributed by atoms with E-state index in [0.29, 0.717) is 33.9 Å². The van der Waals surface area contributed by atoms with Gasteiger partial charge in [-0.2, -0.15) is 0 Å². The number of nitrogens with one attached hydrogen (secondary N) is 1. The van der Waals surface area contributed by atoms with Crippen molar-refractivity contribution in [2.75, 3.05) is 29.5 Å². The quantitative estimate of drug-likeness (QED) is 0.683. The summed E-state index contributed by atoms with van der Waals surface area (Å²) in [7, 11) is -0.729. The van der Waals surface area contributed by atoms with Gasteiger partial charge in [0.1, 0.15) is 11.3 Å². The SMILES string of the molecule is CC(C)(C)C(=O)c1c[nH]c2ncc(-c3ccnc(N4CCS(=O)CC4)c3)nc12. The van der Waals surface area contributed by atoms with Gasteiger partial charge in [0.15, 0.2) is 11.4 Å². The van der Waals surface area contributed by atoms with Gasteiger partial charge in [-0.15, -0.1) is 0 Å². The van der Waals surface area contributed by atoms with Crippen LogP contribution in [0.3, 0.4) is 0 Å². The van der Waals surface area contributed by atoms with Crippen molar-refractivity contribution in [1.82, 2.24) is 19.9 Å². The van der Waals surface area contributed by atoms with Gasteiger partial charge in [-0.25, -0.2) is 15.0 Å². The smallest absolute Gasteiger partial charge is 0.171 e. The Morgan fingerprint density at radius 3 is 2.68 bits per heavy atom. The molecule has 0 aromatic carbocycles. The Morgan fingerprint density at radius 2 is 1.96 bits per heavy atom. The highest BCUT2D eigenvalue weighted by Gasteiger charge is 2.26. The van der Waals surface area contributed by atoms with Gasteiger partial charge in [-0.3, -0.25) is 9.00 Å². The number of hydrogen-bond acceptors (Lipinski definition) is 6. The summed E-state index contributed by atoms with van der Waals surface area (Å²) in [6.07, 6.45) is 5.14. The third kappa shape index (κ3) is 3.56. The number of H-pyrrole nitrogens is 1. The summed E-state index contributed by atoms with van der Waals surface area (Å²) >= 11 is 0. The van der Waals surface area contributed by atoms with Gasteiger partial charge >= 0.3 is 0 Å². The molecular weight excluding hydrogens is 374 g/mol. The molecule has 3 aromatic heterocycles. The van der Waals surface area contributed by atoms with Gasteiger partial charge in [0, 0.05) is 58.8 Å². The second-order valence-electron chi connectivity index (χ2n) is 7.97. The maximum Gasteiger partial charge on any atom is 0.171 e. The van der Waals surface area contributed by atoms with E-state index in [1.165, 1.54) is 0 Å². The summed E-state index contributed by atoms with van der Waals surface area (Å²) in [5.74, 6) is 2.21. The van der Waals surface area contributed by atoms with E-state index in [9.17, 15) is 9.00 Å². The lowest BCUT2D eigenvalue weighted by molar-refractivity contribution is 0.0860. The first-order chi connectivity index (χ1) is 13.3. The van der Waals surface area contributed by atoms with Crippen molar-refractivity contribution in [3.8, 4) is 11.3 Å². The van der Waals surface area contributed by atoms with Crippen molar-refractivity contribution in [2.45, 2.75) is 20.8 Å². The Bertz CT molecular complexity index is 1060. The van der Waals surface area contributed by atoms with Gasteiger partial charge < -0.3 is 9.88 Å². The second kappa shape index (κ2) is 7.09. The molecule has 1 aliphatic rings. The van der Waals surface area contributed by atoms with E-state index in [-0.39, 0.29) is 5.78 Å². The number of rotatable bonds is 3. The summed E-state index contributed by atoms with van der Waals surface area (Å²) < 4.78 is 11.6. The Balaban J connectivity index is 1.71. The highest BCUT2D eigenvalue weighted by Crippen LogP contribution is 2.28. The summed E-state index contributed by atoms with van der Waals surface area (Å²) in [6.45, 7) is 7.15. The van der Waals surface area contributed by atoms with E-state index in [2.05, 4.69) is 19.9 Å². The monoisotopic (exact) mass is 397 g/mol. The van der Waals surface area contributed by atoms with E-state index >= 15 is 0 Å². The minimum absolute atomic E-state index is 0.0296. The lowest BCUT2D eigenvalue weighted by Crippen LogP contribution is -2.38. The van der Waals surface area contributed by atoms with Crippen LogP contribution in [0.2, 0.25) is 0 Å². The number of fused-ring (bicyclic) bond motifs is 1. The number of anilines is 1. The molecule has 4 heterocycles. The zero-order valence-corrected chi connectivity index (χ0v) is 17.0. The maximum atomic E-state index is 12.7. The van der Waals surface area contributed by atoms with Gasteiger partial charge in [-0.05, 0) is 12.1 Å². The van der Waals surface area contributed by atoms with Gasteiger partial charge in [0.05, 0.1) is 17.5 Å². The van der Waals surface area contributed by atoms with Gasteiger partial charge in [0.2, 0.25) is 0 Å². The zero-order chi connectivity index (χ0) is 19.9. The molecule has 4 rings (SSSR count). The zero-order valence-electron chi connectivity index (χ0n) is 16.2. The summed E-state index contributed by atoms with van der Waals surface area (Å²) in [5.41, 5.74) is 2.84. The van der Waals surface area contributed by atoms with Crippen LogP contribution in [-0.4, -0.2) is 54.5 Å². The molecule has 8 heteroatoms. The van der Waals surface area contributed by atoms with Crippen LogP contribution >= 0.6 is 0 Å². The fourth-order valence-electron chi connectivity index (χ4n) is 3.23. The average molecular weight is 398 g/mol. The number of hydrogen-bond donors (Lipinski definition) is 1.